The van der Waals surface area contributed by atoms with Crippen LogP contribution in [0.3, 0.4) is 0 Å². The molecule has 0 bridgehead atoms. The molecule has 1 aromatic carbocycles. The van der Waals surface area contributed by atoms with Gasteiger partial charge in [-0.25, -0.2) is 0 Å². The number of alkyl halides is 3. The van der Waals surface area contributed by atoms with Crippen LogP contribution in [0.25, 0.3) is 11.3 Å². The Bertz CT molecular complexity index is 1190. The van der Waals surface area contributed by atoms with Crippen molar-refractivity contribution in [2.45, 2.75) is 40.4 Å². The molecular weight excluding hydrogens is 381 g/mol. The molecule has 4 nitrogen and oxygen atoms in total. The molecule has 0 unspecified atom stereocenters. The Morgan fingerprint density at radius 1 is 1.10 bits per heavy atom. The van der Waals surface area contributed by atoms with Crippen LogP contribution in [0.5, 0.6) is 0 Å². The number of nitrogens with zero attached hydrogens (tertiary/aromatic N) is 2. The second-order valence-corrected chi connectivity index (χ2v) is 7.08. The molecule has 0 spiro atoms. The van der Waals surface area contributed by atoms with Crippen molar-refractivity contribution in [2.75, 3.05) is 0 Å². The lowest BCUT2D eigenvalue weighted by Crippen LogP contribution is -2.29. The van der Waals surface area contributed by atoms with E-state index in [-0.39, 0.29) is 12.2 Å². The summed E-state index contributed by atoms with van der Waals surface area (Å²) in [4.78, 5) is 13.0. The fourth-order valence-electron chi connectivity index (χ4n) is 3.44. The molecule has 0 aliphatic rings. The Morgan fingerprint density at radius 3 is 2.31 bits per heavy atom. The van der Waals surface area contributed by atoms with E-state index in [4.69, 9.17) is 4.42 Å². The maximum absolute atomic E-state index is 13.6. The Hall–Kier alpha value is -3.27. The topological polar surface area (TPSA) is 58.9 Å². The zero-order valence-corrected chi connectivity index (χ0v) is 16.4. The van der Waals surface area contributed by atoms with Crippen molar-refractivity contribution >= 4 is 0 Å². The molecule has 0 radical (unpaired) electrons. The Balaban J connectivity index is 2.35. The molecule has 2 aromatic heterocycles. The van der Waals surface area contributed by atoms with Gasteiger partial charge in [-0.2, -0.15) is 18.4 Å². The summed E-state index contributed by atoms with van der Waals surface area (Å²) in [6.07, 6.45) is -4.83. The van der Waals surface area contributed by atoms with Crippen molar-refractivity contribution < 1.29 is 17.6 Å². The van der Waals surface area contributed by atoms with Crippen molar-refractivity contribution in [3.05, 3.63) is 80.0 Å². The maximum Gasteiger partial charge on any atom is 0.417 e. The first-order chi connectivity index (χ1) is 13.5. The van der Waals surface area contributed by atoms with Gasteiger partial charge in [0.2, 0.25) is 0 Å². The molecule has 29 heavy (non-hydrogen) atoms. The van der Waals surface area contributed by atoms with Crippen LogP contribution >= 0.6 is 0 Å². The summed E-state index contributed by atoms with van der Waals surface area (Å²) in [5.74, 6) is 0.912. The summed E-state index contributed by atoms with van der Waals surface area (Å²) in [6.45, 7) is 7.14. The number of pyridine rings is 1. The molecule has 3 rings (SSSR count). The smallest absolute Gasteiger partial charge is 0.417 e. The minimum Gasteiger partial charge on any atom is -0.466 e. The third kappa shape index (κ3) is 3.83. The normalized spacial score (nSPS) is 11.5. The molecule has 0 saturated carbocycles. The van der Waals surface area contributed by atoms with Gasteiger partial charge in [-0.05, 0) is 51.0 Å². The Labute approximate surface area is 165 Å². The van der Waals surface area contributed by atoms with E-state index in [1.165, 1.54) is 10.6 Å². The molecule has 0 atom stereocenters. The second-order valence-electron chi connectivity index (χ2n) is 7.08. The van der Waals surface area contributed by atoms with Crippen LogP contribution < -0.4 is 5.56 Å². The van der Waals surface area contributed by atoms with Gasteiger partial charge in [0.1, 0.15) is 23.2 Å². The number of furan rings is 1. The third-order valence-corrected chi connectivity index (χ3v) is 4.86. The monoisotopic (exact) mass is 400 g/mol. The summed E-state index contributed by atoms with van der Waals surface area (Å²) in [5.41, 5.74) is 0.0386. The largest absolute Gasteiger partial charge is 0.466 e. The molecular formula is C22H19F3N2O2. The van der Waals surface area contributed by atoms with Crippen LogP contribution in [-0.4, -0.2) is 4.57 Å². The number of nitriles is 1. The maximum atomic E-state index is 13.6. The summed E-state index contributed by atoms with van der Waals surface area (Å²) in [5, 5.41) is 9.28. The van der Waals surface area contributed by atoms with Crippen molar-refractivity contribution in [1.82, 2.24) is 4.57 Å². The number of benzene rings is 1. The van der Waals surface area contributed by atoms with Gasteiger partial charge in [0, 0.05) is 5.56 Å². The lowest BCUT2D eigenvalue weighted by atomic mass is 10.0. The lowest BCUT2D eigenvalue weighted by molar-refractivity contribution is -0.137. The molecule has 2 heterocycles. The van der Waals surface area contributed by atoms with Crippen LogP contribution in [-0.2, 0) is 12.7 Å². The summed E-state index contributed by atoms with van der Waals surface area (Å²) >= 11 is 0. The van der Waals surface area contributed by atoms with Gasteiger partial charge in [0.15, 0.2) is 0 Å². The molecule has 3 aromatic rings. The molecule has 7 heteroatoms. The minimum absolute atomic E-state index is 0.0385. The molecule has 0 N–H and O–H groups in total. The molecule has 0 aliphatic heterocycles. The summed E-state index contributed by atoms with van der Waals surface area (Å²) < 4.78 is 47.4. The number of hydrogen-bond acceptors (Lipinski definition) is 3. The van der Waals surface area contributed by atoms with E-state index in [0.29, 0.717) is 17.1 Å². The highest BCUT2D eigenvalue weighted by Gasteiger charge is 2.37. The average Bonchev–Trinajstić information content (AvgIpc) is 2.95. The van der Waals surface area contributed by atoms with E-state index in [1.54, 1.807) is 19.9 Å². The summed E-state index contributed by atoms with van der Waals surface area (Å²) in [7, 11) is 0. The molecule has 150 valence electrons. The van der Waals surface area contributed by atoms with Crippen LogP contribution in [0.15, 0.2) is 39.5 Å². The van der Waals surface area contributed by atoms with Gasteiger partial charge in [-0.3, -0.25) is 4.79 Å². The SMILES string of the molecule is Cc1ccc(Cn2c(-c3cc(C)oc3C)cc(C(F)(F)F)c(C#N)c2=O)c(C)c1. The van der Waals surface area contributed by atoms with E-state index in [2.05, 4.69) is 0 Å². The second kappa shape index (κ2) is 7.28. The predicted octanol–water partition coefficient (Wildman–Crippen LogP) is 5.28. The molecule has 0 saturated heterocycles. The highest BCUT2D eigenvalue weighted by Crippen LogP contribution is 2.35. The van der Waals surface area contributed by atoms with Crippen LogP contribution in [0.4, 0.5) is 13.2 Å². The first-order valence-corrected chi connectivity index (χ1v) is 8.91. The van der Waals surface area contributed by atoms with Crippen molar-refractivity contribution in [3.63, 3.8) is 0 Å². The number of rotatable bonds is 3. The van der Waals surface area contributed by atoms with E-state index in [9.17, 15) is 23.2 Å². The van der Waals surface area contributed by atoms with Crippen molar-refractivity contribution in [2.24, 2.45) is 0 Å². The van der Waals surface area contributed by atoms with Gasteiger partial charge >= 0.3 is 6.18 Å². The standard InChI is InChI=1S/C22H19F3N2O2/c1-12-5-6-16(13(2)7-12)11-27-20(17-8-14(3)29-15(17)4)9-19(22(23,24)25)18(10-26)21(27)28/h5-9H,11H2,1-4H3. The number of aryl methyl sites for hydroxylation is 4. The van der Waals surface area contributed by atoms with Crippen molar-refractivity contribution in [1.29, 1.82) is 5.26 Å². The van der Waals surface area contributed by atoms with Crippen LogP contribution in [0, 0.1) is 39.0 Å². The number of aromatic nitrogens is 1. The van der Waals surface area contributed by atoms with Gasteiger partial charge in [0.05, 0.1) is 17.8 Å². The quantitative estimate of drug-likeness (QED) is 0.601. The minimum atomic E-state index is -4.83. The van der Waals surface area contributed by atoms with E-state index in [1.807, 2.05) is 32.0 Å². The fraction of sp³-hybridized carbons (Fsp3) is 0.273. The van der Waals surface area contributed by atoms with E-state index < -0.39 is 22.9 Å². The van der Waals surface area contributed by atoms with Gasteiger partial charge < -0.3 is 8.98 Å². The first kappa shape index (κ1) is 20.5. The van der Waals surface area contributed by atoms with Crippen molar-refractivity contribution in [3.8, 4) is 17.3 Å². The Morgan fingerprint density at radius 2 is 1.79 bits per heavy atom. The fourth-order valence-corrected chi connectivity index (χ4v) is 3.44. The predicted molar refractivity (Wildman–Crippen MR) is 103 cm³/mol. The number of hydrogen-bond donors (Lipinski definition) is 0. The third-order valence-electron chi connectivity index (χ3n) is 4.86. The van der Waals surface area contributed by atoms with Gasteiger partial charge in [-0.1, -0.05) is 23.8 Å². The molecule has 0 amide bonds. The van der Waals surface area contributed by atoms with Crippen LogP contribution in [0.1, 0.15) is 39.3 Å². The van der Waals surface area contributed by atoms with Crippen LogP contribution in [0.2, 0.25) is 0 Å². The lowest BCUT2D eigenvalue weighted by Gasteiger charge is -2.18. The summed E-state index contributed by atoms with van der Waals surface area (Å²) in [6, 6.07) is 9.53. The highest BCUT2D eigenvalue weighted by atomic mass is 19.4. The zero-order chi connectivity index (χ0) is 21.5. The van der Waals surface area contributed by atoms with Gasteiger partial charge in [0.25, 0.3) is 5.56 Å². The zero-order valence-electron chi connectivity index (χ0n) is 16.4. The highest BCUT2D eigenvalue weighted by molar-refractivity contribution is 5.65. The number of halogens is 3. The van der Waals surface area contributed by atoms with E-state index >= 15 is 0 Å². The first-order valence-electron chi connectivity index (χ1n) is 8.91. The molecule has 0 fully saturated rings. The van der Waals surface area contributed by atoms with Gasteiger partial charge in [-0.15, -0.1) is 0 Å². The van der Waals surface area contributed by atoms with E-state index in [0.717, 1.165) is 22.8 Å². The average molecular weight is 400 g/mol. The Kier molecular flexibility index (Phi) is 5.14. The molecule has 0 aliphatic carbocycles.